The fraction of sp³-hybridized carbons (Fsp3) is 0.643. The summed E-state index contributed by atoms with van der Waals surface area (Å²) in [5, 5.41) is 0. The number of pyridine rings is 1. The van der Waals surface area contributed by atoms with Crippen LogP contribution < -0.4 is 4.90 Å². The number of piperidine rings is 1. The number of aromatic nitrogens is 1. The Bertz CT molecular complexity index is 653. The molecule has 1 aromatic rings. The number of rotatable bonds is 2. The van der Waals surface area contributed by atoms with Gasteiger partial charge in [-0.05, 0) is 18.6 Å². The lowest BCUT2D eigenvalue weighted by molar-refractivity contribution is -0.145. The normalized spacial score (nSPS) is 29.1. The SMILES string of the molecule is CS(=O)(=O)N1CCC(F)(F)C2(CCN(c3cccnc3)C2)C1. The second-order valence-electron chi connectivity index (χ2n) is 6.21. The molecule has 0 radical (unpaired) electrons. The van der Waals surface area contributed by atoms with Crippen LogP contribution in [0, 0.1) is 5.41 Å². The van der Waals surface area contributed by atoms with Gasteiger partial charge in [0.15, 0.2) is 0 Å². The molecule has 0 aromatic carbocycles. The van der Waals surface area contributed by atoms with Crippen molar-refractivity contribution in [1.29, 1.82) is 0 Å². The molecule has 2 fully saturated rings. The summed E-state index contributed by atoms with van der Waals surface area (Å²) in [6.45, 7) is 0.409. The van der Waals surface area contributed by atoms with Crippen molar-refractivity contribution in [1.82, 2.24) is 9.29 Å². The molecule has 0 saturated carbocycles. The molecular formula is C14H19F2N3O2S. The van der Waals surface area contributed by atoms with Crippen molar-refractivity contribution >= 4 is 15.7 Å². The van der Waals surface area contributed by atoms with Crippen LogP contribution in [0.3, 0.4) is 0 Å². The van der Waals surface area contributed by atoms with E-state index in [1.54, 1.807) is 18.5 Å². The predicted molar refractivity (Wildman–Crippen MR) is 79.5 cm³/mol. The highest BCUT2D eigenvalue weighted by atomic mass is 32.2. The molecule has 5 nitrogen and oxygen atoms in total. The van der Waals surface area contributed by atoms with Crippen molar-refractivity contribution in [2.45, 2.75) is 18.8 Å². The van der Waals surface area contributed by atoms with Crippen molar-refractivity contribution in [2.24, 2.45) is 5.41 Å². The zero-order valence-corrected chi connectivity index (χ0v) is 13.2. The van der Waals surface area contributed by atoms with Gasteiger partial charge in [-0.15, -0.1) is 0 Å². The maximum Gasteiger partial charge on any atom is 0.257 e. The summed E-state index contributed by atoms with van der Waals surface area (Å²) in [5.41, 5.74) is -0.517. The Kier molecular flexibility index (Phi) is 3.64. The van der Waals surface area contributed by atoms with Crippen LogP contribution >= 0.6 is 0 Å². The number of hydrogen-bond acceptors (Lipinski definition) is 4. The van der Waals surface area contributed by atoms with Gasteiger partial charge in [-0.25, -0.2) is 21.5 Å². The molecule has 0 N–H and O–H groups in total. The van der Waals surface area contributed by atoms with Crippen molar-refractivity contribution in [3.8, 4) is 0 Å². The van der Waals surface area contributed by atoms with E-state index in [-0.39, 0.29) is 26.1 Å². The summed E-state index contributed by atoms with van der Waals surface area (Å²) in [7, 11) is -3.45. The number of anilines is 1. The summed E-state index contributed by atoms with van der Waals surface area (Å²) in [6, 6.07) is 3.60. The smallest absolute Gasteiger partial charge is 0.257 e. The van der Waals surface area contributed by atoms with Gasteiger partial charge in [-0.2, -0.15) is 0 Å². The van der Waals surface area contributed by atoms with Gasteiger partial charge in [0.05, 0.1) is 23.6 Å². The monoisotopic (exact) mass is 331 g/mol. The lowest BCUT2D eigenvalue weighted by atomic mass is 9.76. The number of nitrogens with zero attached hydrogens (tertiary/aromatic N) is 3. The first-order valence-electron chi connectivity index (χ1n) is 7.22. The zero-order chi connectivity index (χ0) is 16.0. The minimum Gasteiger partial charge on any atom is -0.369 e. The third-order valence-corrected chi connectivity index (χ3v) is 6.01. The quantitative estimate of drug-likeness (QED) is 0.826. The van der Waals surface area contributed by atoms with Crippen molar-refractivity contribution < 1.29 is 17.2 Å². The van der Waals surface area contributed by atoms with Gasteiger partial charge < -0.3 is 4.90 Å². The molecule has 1 unspecified atom stereocenters. The zero-order valence-electron chi connectivity index (χ0n) is 12.4. The van der Waals surface area contributed by atoms with Gasteiger partial charge in [-0.1, -0.05) is 0 Å². The van der Waals surface area contributed by atoms with Gasteiger partial charge in [0.1, 0.15) is 0 Å². The first-order valence-corrected chi connectivity index (χ1v) is 9.06. The van der Waals surface area contributed by atoms with E-state index in [1.165, 1.54) is 4.31 Å². The van der Waals surface area contributed by atoms with E-state index in [9.17, 15) is 17.2 Å². The predicted octanol–water partition coefficient (Wildman–Crippen LogP) is 1.58. The Labute approximate surface area is 129 Å². The lowest BCUT2D eigenvalue weighted by Crippen LogP contribution is -2.58. The van der Waals surface area contributed by atoms with Crippen LogP contribution in [-0.2, 0) is 10.0 Å². The van der Waals surface area contributed by atoms with E-state index in [2.05, 4.69) is 4.98 Å². The fourth-order valence-electron chi connectivity index (χ4n) is 3.41. The number of sulfonamides is 1. The summed E-state index contributed by atoms with van der Waals surface area (Å²) < 4.78 is 53.8. The molecule has 1 atom stereocenters. The van der Waals surface area contributed by atoms with Crippen LogP contribution in [0.25, 0.3) is 0 Å². The van der Waals surface area contributed by atoms with Gasteiger partial charge in [0.2, 0.25) is 10.0 Å². The van der Waals surface area contributed by atoms with Gasteiger partial charge in [0, 0.05) is 38.8 Å². The highest BCUT2D eigenvalue weighted by Gasteiger charge is 2.60. The maximum absolute atomic E-state index is 14.6. The Morgan fingerprint density at radius 3 is 2.64 bits per heavy atom. The molecule has 1 spiro atoms. The summed E-state index contributed by atoms with van der Waals surface area (Å²) >= 11 is 0. The third-order valence-electron chi connectivity index (χ3n) is 4.76. The number of alkyl halides is 2. The number of halogens is 2. The van der Waals surface area contributed by atoms with E-state index < -0.39 is 27.8 Å². The Hall–Kier alpha value is -1.28. The summed E-state index contributed by atoms with van der Waals surface area (Å²) in [5.74, 6) is -2.86. The molecule has 0 amide bonds. The van der Waals surface area contributed by atoms with Crippen molar-refractivity contribution in [2.75, 3.05) is 37.3 Å². The van der Waals surface area contributed by atoms with Crippen LogP contribution in [0.15, 0.2) is 24.5 Å². The molecule has 0 aliphatic carbocycles. The maximum atomic E-state index is 14.6. The lowest BCUT2D eigenvalue weighted by Gasteiger charge is -2.45. The van der Waals surface area contributed by atoms with E-state index in [1.807, 2.05) is 11.0 Å². The molecule has 3 heterocycles. The largest absolute Gasteiger partial charge is 0.369 e. The third kappa shape index (κ3) is 2.58. The van der Waals surface area contributed by atoms with Gasteiger partial charge >= 0.3 is 0 Å². The summed E-state index contributed by atoms with van der Waals surface area (Å²) in [6.07, 6.45) is 4.23. The second kappa shape index (κ2) is 5.13. The average molecular weight is 331 g/mol. The molecule has 2 aliphatic rings. The minimum absolute atomic E-state index is 0.111. The Balaban J connectivity index is 1.87. The summed E-state index contributed by atoms with van der Waals surface area (Å²) in [4.78, 5) is 5.89. The van der Waals surface area contributed by atoms with E-state index in [0.717, 1.165) is 11.9 Å². The highest BCUT2D eigenvalue weighted by Crippen LogP contribution is 2.50. The van der Waals surface area contributed by atoms with Crippen LogP contribution in [0.2, 0.25) is 0 Å². The molecular weight excluding hydrogens is 312 g/mol. The Morgan fingerprint density at radius 1 is 1.23 bits per heavy atom. The highest BCUT2D eigenvalue weighted by molar-refractivity contribution is 7.88. The van der Waals surface area contributed by atoms with E-state index in [4.69, 9.17) is 0 Å². The van der Waals surface area contributed by atoms with E-state index >= 15 is 0 Å². The molecule has 8 heteroatoms. The molecule has 0 bridgehead atoms. The Morgan fingerprint density at radius 2 is 2.00 bits per heavy atom. The van der Waals surface area contributed by atoms with Crippen LogP contribution in [0.4, 0.5) is 14.5 Å². The fourth-order valence-corrected chi connectivity index (χ4v) is 4.31. The van der Waals surface area contributed by atoms with E-state index in [0.29, 0.717) is 6.54 Å². The average Bonchev–Trinajstić information content (AvgIpc) is 2.88. The molecule has 2 saturated heterocycles. The number of hydrogen-bond donors (Lipinski definition) is 0. The van der Waals surface area contributed by atoms with Gasteiger partial charge in [0.25, 0.3) is 5.92 Å². The van der Waals surface area contributed by atoms with Crippen molar-refractivity contribution in [3.63, 3.8) is 0 Å². The molecule has 1 aromatic heterocycles. The first-order chi connectivity index (χ1) is 10.2. The van der Waals surface area contributed by atoms with Crippen LogP contribution in [-0.4, -0.2) is 56.1 Å². The van der Waals surface area contributed by atoms with Crippen LogP contribution in [0.1, 0.15) is 12.8 Å². The van der Waals surface area contributed by atoms with Gasteiger partial charge in [-0.3, -0.25) is 4.98 Å². The molecule has 22 heavy (non-hydrogen) atoms. The molecule has 2 aliphatic heterocycles. The minimum atomic E-state index is -3.45. The standard InChI is InChI=1S/C14H19F2N3O2S/c1-22(20,21)19-8-5-14(15,16)13(11-19)4-7-18(10-13)12-3-2-6-17-9-12/h2-3,6,9H,4-5,7-8,10-11H2,1H3. The first kappa shape index (κ1) is 15.6. The topological polar surface area (TPSA) is 53.5 Å². The second-order valence-corrected chi connectivity index (χ2v) is 8.20. The molecule has 3 rings (SSSR count). The van der Waals surface area contributed by atoms with Crippen molar-refractivity contribution in [3.05, 3.63) is 24.5 Å². The molecule has 122 valence electrons. The van der Waals surface area contributed by atoms with Crippen LogP contribution in [0.5, 0.6) is 0 Å².